The molecule has 2 aromatic heterocycles. The minimum atomic E-state index is -0.340. The molecule has 0 spiro atoms. The standard InChI is InChI=1S/C21H24N4O2/c1-3-4-6-13-22-21(27)19-24-18(17-8-5-7-14-25(17)19)20(26)23-16-11-9-15(2)10-12-16/h5,7-12,14H,3-4,6,13H2,1-2H3,(H,22,27)(H,23,26). The van der Waals surface area contributed by atoms with Crippen molar-refractivity contribution in [3.63, 3.8) is 0 Å². The highest BCUT2D eigenvalue weighted by molar-refractivity contribution is 6.08. The number of amides is 2. The van der Waals surface area contributed by atoms with Crippen LogP contribution in [0, 0.1) is 6.92 Å². The van der Waals surface area contributed by atoms with E-state index in [2.05, 4.69) is 22.5 Å². The Morgan fingerprint density at radius 1 is 1.04 bits per heavy atom. The minimum Gasteiger partial charge on any atom is -0.349 e. The number of nitrogens with one attached hydrogen (secondary N) is 2. The maximum absolute atomic E-state index is 12.7. The second-order valence-electron chi connectivity index (χ2n) is 6.52. The first-order valence-electron chi connectivity index (χ1n) is 9.23. The topological polar surface area (TPSA) is 75.5 Å². The Morgan fingerprint density at radius 3 is 2.56 bits per heavy atom. The first-order chi connectivity index (χ1) is 13.1. The van der Waals surface area contributed by atoms with Crippen molar-refractivity contribution in [1.82, 2.24) is 14.7 Å². The maximum Gasteiger partial charge on any atom is 0.287 e. The molecule has 0 radical (unpaired) electrons. The number of benzene rings is 1. The van der Waals surface area contributed by atoms with Crippen LogP contribution in [-0.4, -0.2) is 27.7 Å². The summed E-state index contributed by atoms with van der Waals surface area (Å²) >= 11 is 0. The van der Waals surface area contributed by atoms with Crippen molar-refractivity contribution in [2.75, 3.05) is 11.9 Å². The largest absolute Gasteiger partial charge is 0.349 e. The van der Waals surface area contributed by atoms with Crippen LogP contribution in [0.5, 0.6) is 0 Å². The van der Waals surface area contributed by atoms with Gasteiger partial charge in [0.05, 0.1) is 5.52 Å². The van der Waals surface area contributed by atoms with Gasteiger partial charge in [0.15, 0.2) is 5.69 Å². The molecular weight excluding hydrogens is 340 g/mol. The minimum absolute atomic E-state index is 0.219. The van der Waals surface area contributed by atoms with E-state index in [9.17, 15) is 9.59 Å². The van der Waals surface area contributed by atoms with Crippen LogP contribution in [0.15, 0.2) is 48.7 Å². The van der Waals surface area contributed by atoms with Crippen molar-refractivity contribution in [3.8, 4) is 0 Å². The SMILES string of the molecule is CCCCCNC(=O)c1nc(C(=O)Nc2ccc(C)cc2)c2ccccn12. The lowest BCUT2D eigenvalue weighted by atomic mass is 10.2. The van der Waals surface area contributed by atoms with E-state index < -0.39 is 0 Å². The Morgan fingerprint density at radius 2 is 1.81 bits per heavy atom. The highest BCUT2D eigenvalue weighted by Crippen LogP contribution is 2.16. The second-order valence-corrected chi connectivity index (χ2v) is 6.52. The summed E-state index contributed by atoms with van der Waals surface area (Å²) in [5.41, 5.74) is 2.63. The number of nitrogens with zero attached hydrogens (tertiary/aromatic N) is 2. The van der Waals surface area contributed by atoms with Crippen molar-refractivity contribution in [2.24, 2.45) is 0 Å². The number of aromatic nitrogens is 2. The van der Waals surface area contributed by atoms with Crippen molar-refractivity contribution >= 4 is 23.0 Å². The summed E-state index contributed by atoms with van der Waals surface area (Å²) in [5.74, 6) is -0.398. The Kier molecular flexibility index (Phi) is 5.86. The number of unbranched alkanes of at least 4 members (excludes halogenated alkanes) is 2. The zero-order valence-electron chi connectivity index (χ0n) is 15.7. The van der Waals surface area contributed by atoms with E-state index in [0.717, 1.165) is 24.8 Å². The average molecular weight is 364 g/mol. The number of fused-ring (bicyclic) bond motifs is 1. The average Bonchev–Trinajstić information content (AvgIpc) is 3.07. The van der Waals surface area contributed by atoms with Gasteiger partial charge in [0, 0.05) is 18.4 Å². The smallest absolute Gasteiger partial charge is 0.287 e. The zero-order valence-corrected chi connectivity index (χ0v) is 15.7. The van der Waals surface area contributed by atoms with E-state index in [-0.39, 0.29) is 23.3 Å². The highest BCUT2D eigenvalue weighted by Gasteiger charge is 2.21. The lowest BCUT2D eigenvalue weighted by Crippen LogP contribution is -2.26. The van der Waals surface area contributed by atoms with E-state index in [0.29, 0.717) is 17.7 Å². The number of carbonyl (C=O) groups is 2. The summed E-state index contributed by atoms with van der Waals surface area (Å²) in [5, 5.41) is 5.72. The van der Waals surface area contributed by atoms with Crippen molar-refractivity contribution in [3.05, 3.63) is 65.7 Å². The van der Waals surface area contributed by atoms with Gasteiger partial charge in [0.25, 0.3) is 11.8 Å². The predicted molar refractivity (Wildman–Crippen MR) is 106 cm³/mol. The molecule has 27 heavy (non-hydrogen) atoms. The maximum atomic E-state index is 12.7. The molecule has 0 fully saturated rings. The number of carbonyl (C=O) groups excluding carboxylic acids is 2. The van der Waals surface area contributed by atoms with Gasteiger partial charge in [0.2, 0.25) is 5.82 Å². The number of anilines is 1. The Balaban J connectivity index is 1.84. The van der Waals surface area contributed by atoms with E-state index in [1.54, 1.807) is 16.7 Å². The summed E-state index contributed by atoms with van der Waals surface area (Å²) in [6, 6.07) is 12.9. The molecule has 0 bridgehead atoms. The van der Waals surface area contributed by atoms with Gasteiger partial charge in [-0.25, -0.2) is 4.98 Å². The van der Waals surface area contributed by atoms with E-state index >= 15 is 0 Å². The van der Waals surface area contributed by atoms with Crippen LogP contribution in [0.2, 0.25) is 0 Å². The van der Waals surface area contributed by atoms with Crippen LogP contribution >= 0.6 is 0 Å². The fourth-order valence-electron chi connectivity index (χ4n) is 2.85. The molecule has 0 atom stereocenters. The molecule has 2 N–H and O–H groups in total. The molecule has 0 saturated heterocycles. The fraction of sp³-hybridized carbons (Fsp3) is 0.286. The Labute approximate surface area is 158 Å². The van der Waals surface area contributed by atoms with Crippen molar-refractivity contribution in [1.29, 1.82) is 0 Å². The van der Waals surface area contributed by atoms with Gasteiger partial charge >= 0.3 is 0 Å². The molecule has 0 aliphatic carbocycles. The molecule has 0 aliphatic rings. The Bertz CT molecular complexity index is 944. The van der Waals surface area contributed by atoms with Gasteiger partial charge in [-0.1, -0.05) is 43.5 Å². The Hall–Kier alpha value is -3.15. The van der Waals surface area contributed by atoms with E-state index in [4.69, 9.17) is 0 Å². The van der Waals surface area contributed by atoms with Gasteiger partial charge < -0.3 is 10.6 Å². The first kappa shape index (κ1) is 18.6. The number of pyridine rings is 1. The summed E-state index contributed by atoms with van der Waals surface area (Å²) < 4.78 is 1.65. The summed E-state index contributed by atoms with van der Waals surface area (Å²) in [6.07, 6.45) is 4.82. The summed E-state index contributed by atoms with van der Waals surface area (Å²) in [4.78, 5) is 29.6. The number of aryl methyl sites for hydroxylation is 1. The van der Waals surface area contributed by atoms with Crippen molar-refractivity contribution < 1.29 is 9.59 Å². The van der Waals surface area contributed by atoms with Crippen LogP contribution in [-0.2, 0) is 0 Å². The number of rotatable bonds is 7. The molecule has 0 unspecified atom stereocenters. The van der Waals surface area contributed by atoms with Gasteiger partial charge in [-0.05, 0) is 37.6 Å². The highest BCUT2D eigenvalue weighted by atomic mass is 16.2. The number of imidazole rings is 1. The molecule has 3 aromatic rings. The summed E-state index contributed by atoms with van der Waals surface area (Å²) in [7, 11) is 0. The van der Waals surface area contributed by atoms with Crippen LogP contribution in [0.3, 0.4) is 0 Å². The molecule has 6 heteroatoms. The first-order valence-corrected chi connectivity index (χ1v) is 9.23. The van der Waals surface area contributed by atoms with Gasteiger partial charge in [-0.15, -0.1) is 0 Å². The van der Waals surface area contributed by atoms with Crippen molar-refractivity contribution in [2.45, 2.75) is 33.1 Å². The van der Waals surface area contributed by atoms with E-state index in [1.165, 1.54) is 0 Å². The van der Waals surface area contributed by atoms with Crippen LogP contribution in [0.1, 0.15) is 52.9 Å². The van der Waals surface area contributed by atoms with Crippen LogP contribution in [0.25, 0.3) is 5.52 Å². The normalized spacial score (nSPS) is 10.7. The van der Waals surface area contributed by atoms with Gasteiger partial charge in [-0.2, -0.15) is 0 Å². The molecule has 3 rings (SSSR count). The molecular formula is C21H24N4O2. The molecule has 6 nitrogen and oxygen atoms in total. The quantitative estimate of drug-likeness (QED) is 0.626. The third-order valence-corrected chi connectivity index (χ3v) is 4.34. The zero-order chi connectivity index (χ0) is 19.2. The number of hydrogen-bond donors (Lipinski definition) is 2. The number of hydrogen-bond acceptors (Lipinski definition) is 3. The molecule has 1 aromatic carbocycles. The molecule has 140 valence electrons. The fourth-order valence-corrected chi connectivity index (χ4v) is 2.85. The molecule has 2 heterocycles. The monoisotopic (exact) mass is 364 g/mol. The lowest BCUT2D eigenvalue weighted by Gasteiger charge is -2.04. The lowest BCUT2D eigenvalue weighted by molar-refractivity contribution is 0.0942. The van der Waals surface area contributed by atoms with Gasteiger partial charge in [-0.3, -0.25) is 14.0 Å². The van der Waals surface area contributed by atoms with E-state index in [1.807, 2.05) is 43.3 Å². The second kappa shape index (κ2) is 8.49. The van der Waals surface area contributed by atoms with Gasteiger partial charge in [0.1, 0.15) is 0 Å². The molecule has 0 saturated carbocycles. The third-order valence-electron chi connectivity index (χ3n) is 4.34. The third kappa shape index (κ3) is 4.34. The van der Waals surface area contributed by atoms with Crippen LogP contribution < -0.4 is 10.6 Å². The molecule has 0 aliphatic heterocycles. The summed E-state index contributed by atoms with van der Waals surface area (Å²) in [6.45, 7) is 4.70. The van der Waals surface area contributed by atoms with Crippen LogP contribution in [0.4, 0.5) is 5.69 Å². The molecule has 2 amide bonds. The predicted octanol–water partition coefficient (Wildman–Crippen LogP) is 3.82.